The second-order valence-electron chi connectivity index (χ2n) is 5.32. The average molecular weight is 258 g/mol. The van der Waals surface area contributed by atoms with Crippen LogP contribution < -0.4 is 11.1 Å². The molecule has 1 aliphatic rings. The van der Waals surface area contributed by atoms with E-state index in [1.54, 1.807) is 0 Å². The quantitative estimate of drug-likeness (QED) is 0.653. The van der Waals surface area contributed by atoms with Gasteiger partial charge >= 0.3 is 0 Å². The van der Waals surface area contributed by atoms with Gasteiger partial charge in [0.1, 0.15) is 0 Å². The number of nitrogens with two attached hydrogens (primary N) is 1. The molecule has 1 fully saturated rings. The summed E-state index contributed by atoms with van der Waals surface area (Å²) in [5.74, 6) is 0.563. The first kappa shape index (κ1) is 15.4. The molecule has 3 N–H and O–H groups in total. The molecular weight excluding hydrogens is 232 g/mol. The largest absolute Gasteiger partial charge is 0.381 e. The van der Waals surface area contributed by atoms with E-state index in [4.69, 9.17) is 15.2 Å². The Morgan fingerprint density at radius 2 is 2.11 bits per heavy atom. The molecule has 1 aliphatic heterocycles. The summed E-state index contributed by atoms with van der Waals surface area (Å²) in [7, 11) is 0. The second-order valence-corrected chi connectivity index (χ2v) is 5.32. The van der Waals surface area contributed by atoms with Crippen molar-refractivity contribution in [2.24, 2.45) is 17.1 Å². The van der Waals surface area contributed by atoms with Gasteiger partial charge in [0.2, 0.25) is 5.91 Å². The lowest BCUT2D eigenvalue weighted by atomic mass is 9.79. The van der Waals surface area contributed by atoms with E-state index in [1.807, 2.05) is 0 Å². The highest BCUT2D eigenvalue weighted by atomic mass is 16.5. The molecule has 1 heterocycles. The fraction of sp³-hybridized carbons (Fsp3) is 0.923. The summed E-state index contributed by atoms with van der Waals surface area (Å²) in [4.78, 5) is 12.1. The van der Waals surface area contributed by atoms with Gasteiger partial charge in [0.05, 0.1) is 12.0 Å². The van der Waals surface area contributed by atoms with Crippen molar-refractivity contribution in [2.75, 3.05) is 39.5 Å². The Kier molecular flexibility index (Phi) is 6.60. The van der Waals surface area contributed by atoms with Crippen LogP contribution in [0.15, 0.2) is 0 Å². The van der Waals surface area contributed by atoms with Gasteiger partial charge in [0.25, 0.3) is 0 Å². The van der Waals surface area contributed by atoms with Crippen molar-refractivity contribution in [3.05, 3.63) is 0 Å². The Bertz CT molecular complexity index is 251. The summed E-state index contributed by atoms with van der Waals surface area (Å²) in [6, 6.07) is 0. The molecule has 1 amide bonds. The Labute approximate surface area is 109 Å². The number of carbonyl (C=O) groups is 1. The molecule has 0 bridgehead atoms. The summed E-state index contributed by atoms with van der Waals surface area (Å²) in [5.41, 5.74) is 5.33. The molecule has 0 aromatic rings. The number of ether oxygens (including phenoxy) is 2. The van der Waals surface area contributed by atoms with Crippen LogP contribution in [-0.4, -0.2) is 45.4 Å². The van der Waals surface area contributed by atoms with Crippen LogP contribution in [0.2, 0.25) is 0 Å². The molecule has 18 heavy (non-hydrogen) atoms. The molecule has 0 aromatic heterocycles. The minimum absolute atomic E-state index is 0.0430. The summed E-state index contributed by atoms with van der Waals surface area (Å²) in [6.07, 6.45) is 1.42. The van der Waals surface area contributed by atoms with E-state index in [0.29, 0.717) is 51.7 Å². The van der Waals surface area contributed by atoms with Gasteiger partial charge in [-0.25, -0.2) is 0 Å². The van der Waals surface area contributed by atoms with Crippen molar-refractivity contribution in [2.45, 2.75) is 26.7 Å². The summed E-state index contributed by atoms with van der Waals surface area (Å²) >= 11 is 0. The molecule has 0 aliphatic carbocycles. The van der Waals surface area contributed by atoms with Gasteiger partial charge in [-0.1, -0.05) is 13.8 Å². The van der Waals surface area contributed by atoms with Crippen molar-refractivity contribution >= 4 is 5.91 Å². The zero-order chi connectivity index (χ0) is 13.4. The summed E-state index contributed by atoms with van der Waals surface area (Å²) < 4.78 is 10.7. The lowest BCUT2D eigenvalue weighted by Crippen LogP contribution is -2.49. The topological polar surface area (TPSA) is 73.6 Å². The predicted octanol–water partition coefficient (Wildman–Crippen LogP) is 0.531. The minimum atomic E-state index is -0.434. The van der Waals surface area contributed by atoms with Gasteiger partial charge in [0.15, 0.2) is 0 Å². The number of nitrogens with one attached hydrogen (secondary N) is 1. The average Bonchev–Trinajstić information content (AvgIpc) is 2.38. The van der Waals surface area contributed by atoms with E-state index in [2.05, 4.69) is 19.2 Å². The highest BCUT2D eigenvalue weighted by Crippen LogP contribution is 2.29. The molecule has 1 saturated heterocycles. The zero-order valence-electron chi connectivity index (χ0n) is 11.5. The van der Waals surface area contributed by atoms with Crippen LogP contribution in [0.25, 0.3) is 0 Å². The van der Waals surface area contributed by atoms with Crippen molar-refractivity contribution in [3.8, 4) is 0 Å². The molecule has 0 unspecified atom stereocenters. The van der Waals surface area contributed by atoms with Gasteiger partial charge < -0.3 is 20.5 Å². The zero-order valence-corrected chi connectivity index (χ0v) is 11.5. The predicted molar refractivity (Wildman–Crippen MR) is 70.2 cm³/mol. The molecule has 0 radical (unpaired) electrons. The molecular formula is C13H26N2O3. The third-order valence-corrected chi connectivity index (χ3v) is 3.31. The smallest absolute Gasteiger partial charge is 0.227 e. The summed E-state index contributed by atoms with van der Waals surface area (Å²) in [5, 5.41) is 2.92. The number of hydrogen-bond acceptors (Lipinski definition) is 4. The molecule has 0 saturated carbocycles. The molecule has 0 aromatic carbocycles. The van der Waals surface area contributed by atoms with E-state index < -0.39 is 5.41 Å². The highest BCUT2D eigenvalue weighted by molar-refractivity contribution is 5.83. The number of hydrogen-bond donors (Lipinski definition) is 2. The highest BCUT2D eigenvalue weighted by Gasteiger charge is 2.38. The Hall–Kier alpha value is -0.650. The summed E-state index contributed by atoms with van der Waals surface area (Å²) in [6.45, 7) is 7.66. The van der Waals surface area contributed by atoms with Crippen LogP contribution in [0.1, 0.15) is 26.7 Å². The molecule has 5 heteroatoms. The lowest BCUT2D eigenvalue weighted by Gasteiger charge is -2.34. The lowest BCUT2D eigenvalue weighted by molar-refractivity contribution is -0.136. The first-order valence-electron chi connectivity index (χ1n) is 6.74. The molecule has 0 spiro atoms. The van der Waals surface area contributed by atoms with Crippen LogP contribution in [0.5, 0.6) is 0 Å². The SMILES string of the molecule is CC(C)COCCNC(=O)C1(CN)CCOCC1. The first-order valence-corrected chi connectivity index (χ1v) is 6.74. The van der Waals surface area contributed by atoms with Crippen molar-refractivity contribution in [1.82, 2.24) is 5.32 Å². The third kappa shape index (κ3) is 4.55. The van der Waals surface area contributed by atoms with Crippen LogP contribution in [0, 0.1) is 11.3 Å². The number of rotatable bonds is 7. The maximum atomic E-state index is 12.1. The van der Waals surface area contributed by atoms with E-state index in [0.717, 1.165) is 6.61 Å². The van der Waals surface area contributed by atoms with Crippen molar-refractivity contribution in [3.63, 3.8) is 0 Å². The van der Waals surface area contributed by atoms with E-state index >= 15 is 0 Å². The maximum absolute atomic E-state index is 12.1. The van der Waals surface area contributed by atoms with E-state index in [9.17, 15) is 4.79 Å². The van der Waals surface area contributed by atoms with Gasteiger partial charge in [0, 0.05) is 32.9 Å². The van der Waals surface area contributed by atoms with E-state index in [1.165, 1.54) is 0 Å². The Morgan fingerprint density at radius 3 is 2.67 bits per heavy atom. The van der Waals surface area contributed by atoms with Crippen LogP contribution in [0.3, 0.4) is 0 Å². The normalized spacial score (nSPS) is 18.9. The van der Waals surface area contributed by atoms with Crippen LogP contribution >= 0.6 is 0 Å². The van der Waals surface area contributed by atoms with Gasteiger partial charge in [-0.3, -0.25) is 4.79 Å². The Morgan fingerprint density at radius 1 is 1.44 bits per heavy atom. The molecule has 106 valence electrons. The molecule has 0 atom stereocenters. The number of carbonyl (C=O) groups excluding carboxylic acids is 1. The minimum Gasteiger partial charge on any atom is -0.381 e. The van der Waals surface area contributed by atoms with Crippen molar-refractivity contribution in [1.29, 1.82) is 0 Å². The molecule has 1 rings (SSSR count). The van der Waals surface area contributed by atoms with Gasteiger partial charge in [-0.15, -0.1) is 0 Å². The van der Waals surface area contributed by atoms with E-state index in [-0.39, 0.29) is 5.91 Å². The third-order valence-electron chi connectivity index (χ3n) is 3.31. The monoisotopic (exact) mass is 258 g/mol. The fourth-order valence-corrected chi connectivity index (χ4v) is 2.03. The van der Waals surface area contributed by atoms with Gasteiger partial charge in [-0.2, -0.15) is 0 Å². The maximum Gasteiger partial charge on any atom is 0.227 e. The standard InChI is InChI=1S/C13H26N2O3/c1-11(2)9-18-8-5-15-12(16)13(10-14)3-6-17-7-4-13/h11H,3-10,14H2,1-2H3,(H,15,16). The number of amides is 1. The fourth-order valence-electron chi connectivity index (χ4n) is 2.03. The first-order chi connectivity index (χ1) is 8.60. The van der Waals surface area contributed by atoms with Crippen LogP contribution in [0.4, 0.5) is 0 Å². The van der Waals surface area contributed by atoms with Gasteiger partial charge in [-0.05, 0) is 18.8 Å². The van der Waals surface area contributed by atoms with Crippen molar-refractivity contribution < 1.29 is 14.3 Å². The van der Waals surface area contributed by atoms with Crippen LogP contribution in [-0.2, 0) is 14.3 Å². The Balaban J connectivity index is 2.25. The second kappa shape index (κ2) is 7.71. The molecule has 5 nitrogen and oxygen atoms in total.